The number of carbonyl (C=O) groups excluding carboxylic acids is 1. The number of amides is 1. The molecule has 0 radical (unpaired) electrons. The molecule has 1 aromatic rings. The monoisotopic (exact) mass is 332 g/mol. The molecular weight excluding hydrogens is 304 g/mol. The first-order valence-electron chi connectivity index (χ1n) is 9.00. The molecule has 2 heterocycles. The van der Waals surface area contributed by atoms with E-state index in [-0.39, 0.29) is 17.9 Å². The first-order chi connectivity index (χ1) is 11.8. The first-order valence-corrected chi connectivity index (χ1v) is 9.00. The normalized spacial score (nSPS) is 21.6. The van der Waals surface area contributed by atoms with Crippen LogP contribution in [0.15, 0.2) is 24.3 Å². The molecule has 132 valence electrons. The van der Waals surface area contributed by atoms with Crippen LogP contribution in [0, 0.1) is 5.92 Å². The van der Waals surface area contributed by atoms with Crippen LogP contribution in [-0.2, 0) is 16.1 Å². The van der Waals surface area contributed by atoms with Crippen LogP contribution in [0.5, 0.6) is 5.75 Å². The zero-order valence-corrected chi connectivity index (χ0v) is 14.5. The summed E-state index contributed by atoms with van der Waals surface area (Å²) in [6.45, 7) is 4.01. The second-order valence-electron chi connectivity index (χ2n) is 6.73. The van der Waals surface area contributed by atoms with Gasteiger partial charge in [0, 0.05) is 25.6 Å². The molecule has 0 saturated carbocycles. The van der Waals surface area contributed by atoms with Gasteiger partial charge in [-0.2, -0.15) is 0 Å². The number of piperidine rings is 1. The summed E-state index contributed by atoms with van der Waals surface area (Å²) in [4.78, 5) is 15.1. The molecular formula is C19H28N2O3. The Morgan fingerprint density at radius 2 is 2.17 bits per heavy atom. The molecule has 1 amide bonds. The Morgan fingerprint density at radius 1 is 1.33 bits per heavy atom. The Kier molecular flexibility index (Phi) is 6.10. The van der Waals surface area contributed by atoms with Crippen molar-refractivity contribution in [3.05, 3.63) is 29.8 Å². The van der Waals surface area contributed by atoms with E-state index in [9.17, 15) is 4.79 Å². The molecule has 2 aliphatic heterocycles. The van der Waals surface area contributed by atoms with Crippen LogP contribution in [0.2, 0.25) is 0 Å². The molecule has 5 nitrogen and oxygen atoms in total. The van der Waals surface area contributed by atoms with Gasteiger partial charge in [0.15, 0.2) is 0 Å². The fraction of sp³-hybridized carbons (Fsp3) is 0.632. The highest BCUT2D eigenvalue weighted by molar-refractivity contribution is 5.79. The van der Waals surface area contributed by atoms with Gasteiger partial charge in [-0.3, -0.25) is 4.79 Å². The van der Waals surface area contributed by atoms with Crippen LogP contribution in [0.1, 0.15) is 31.2 Å². The minimum absolute atomic E-state index is 0.137. The zero-order valence-electron chi connectivity index (χ0n) is 14.5. The maximum atomic E-state index is 13.1. The van der Waals surface area contributed by atoms with Crippen LogP contribution in [-0.4, -0.2) is 50.3 Å². The minimum atomic E-state index is 0.137. The van der Waals surface area contributed by atoms with E-state index in [1.165, 1.54) is 0 Å². The second-order valence-corrected chi connectivity index (χ2v) is 6.73. The van der Waals surface area contributed by atoms with Crippen molar-refractivity contribution in [2.45, 2.75) is 38.3 Å². The van der Waals surface area contributed by atoms with E-state index in [1.807, 2.05) is 23.1 Å². The molecule has 24 heavy (non-hydrogen) atoms. The highest BCUT2D eigenvalue weighted by Gasteiger charge is 2.29. The molecule has 1 atom stereocenters. The van der Waals surface area contributed by atoms with E-state index in [2.05, 4.69) is 11.4 Å². The summed E-state index contributed by atoms with van der Waals surface area (Å²) in [7, 11) is 1.67. The maximum Gasteiger partial charge on any atom is 0.226 e. The lowest BCUT2D eigenvalue weighted by Gasteiger charge is -2.31. The molecule has 2 fully saturated rings. The maximum absolute atomic E-state index is 13.1. The predicted molar refractivity (Wildman–Crippen MR) is 93.0 cm³/mol. The quantitative estimate of drug-likeness (QED) is 0.868. The molecule has 3 rings (SSSR count). The number of nitrogens with one attached hydrogen (secondary N) is 1. The predicted octanol–water partition coefficient (Wildman–Crippen LogP) is 2.20. The zero-order chi connectivity index (χ0) is 16.8. The van der Waals surface area contributed by atoms with Gasteiger partial charge in [0.25, 0.3) is 0 Å². The molecule has 0 spiro atoms. The van der Waals surface area contributed by atoms with Gasteiger partial charge in [-0.05, 0) is 56.5 Å². The van der Waals surface area contributed by atoms with Gasteiger partial charge in [-0.25, -0.2) is 0 Å². The fourth-order valence-electron chi connectivity index (χ4n) is 3.58. The standard InChI is InChI=1S/C19H28N2O3/c1-23-17-5-2-4-15(12-17)13-21(14-18-6-3-11-24-18)19(22)16-7-9-20-10-8-16/h2,4-5,12,16,18,20H,3,6-11,13-14H2,1H3. The van der Waals surface area contributed by atoms with E-state index in [0.29, 0.717) is 13.1 Å². The highest BCUT2D eigenvalue weighted by atomic mass is 16.5. The molecule has 2 aliphatic rings. The second kappa shape index (κ2) is 8.49. The van der Waals surface area contributed by atoms with Crippen molar-refractivity contribution in [1.29, 1.82) is 0 Å². The number of rotatable bonds is 6. The van der Waals surface area contributed by atoms with Crippen molar-refractivity contribution in [3.63, 3.8) is 0 Å². The van der Waals surface area contributed by atoms with Crippen LogP contribution in [0.3, 0.4) is 0 Å². The Balaban J connectivity index is 1.71. The Hall–Kier alpha value is -1.59. The largest absolute Gasteiger partial charge is 0.497 e. The number of benzene rings is 1. The van der Waals surface area contributed by atoms with Crippen molar-refractivity contribution in [3.8, 4) is 5.75 Å². The fourth-order valence-corrected chi connectivity index (χ4v) is 3.58. The van der Waals surface area contributed by atoms with Crippen molar-refractivity contribution in [2.24, 2.45) is 5.92 Å². The van der Waals surface area contributed by atoms with Gasteiger partial charge < -0.3 is 19.7 Å². The van der Waals surface area contributed by atoms with E-state index < -0.39 is 0 Å². The molecule has 1 N–H and O–H groups in total. The third-order valence-electron chi connectivity index (χ3n) is 4.96. The van der Waals surface area contributed by atoms with Crippen LogP contribution < -0.4 is 10.1 Å². The molecule has 1 aromatic carbocycles. The number of hydrogen-bond donors (Lipinski definition) is 1. The number of carbonyl (C=O) groups is 1. The molecule has 0 aliphatic carbocycles. The van der Waals surface area contributed by atoms with Crippen molar-refractivity contribution in [2.75, 3.05) is 33.4 Å². The van der Waals surface area contributed by atoms with Gasteiger partial charge in [0.05, 0.1) is 13.2 Å². The summed E-state index contributed by atoms with van der Waals surface area (Å²) in [6.07, 6.45) is 4.19. The Bertz CT molecular complexity index is 537. The van der Waals surface area contributed by atoms with E-state index in [4.69, 9.17) is 9.47 Å². The number of hydrogen-bond acceptors (Lipinski definition) is 4. The average Bonchev–Trinajstić information content (AvgIpc) is 3.14. The van der Waals surface area contributed by atoms with E-state index in [0.717, 1.165) is 56.7 Å². The van der Waals surface area contributed by atoms with Gasteiger partial charge in [-0.15, -0.1) is 0 Å². The van der Waals surface area contributed by atoms with E-state index in [1.54, 1.807) is 7.11 Å². The van der Waals surface area contributed by atoms with Crippen molar-refractivity contribution >= 4 is 5.91 Å². The van der Waals surface area contributed by atoms with Crippen molar-refractivity contribution < 1.29 is 14.3 Å². The number of ether oxygens (including phenoxy) is 2. The van der Waals surface area contributed by atoms with Crippen LogP contribution in [0.4, 0.5) is 0 Å². The molecule has 5 heteroatoms. The summed E-state index contributed by atoms with van der Waals surface area (Å²) in [5, 5.41) is 3.33. The Labute approximate surface area is 144 Å². The van der Waals surface area contributed by atoms with E-state index >= 15 is 0 Å². The molecule has 0 bridgehead atoms. The van der Waals surface area contributed by atoms with Gasteiger partial charge >= 0.3 is 0 Å². The summed E-state index contributed by atoms with van der Waals surface area (Å²) in [5.74, 6) is 1.24. The van der Waals surface area contributed by atoms with Gasteiger partial charge in [-0.1, -0.05) is 12.1 Å². The molecule has 2 saturated heterocycles. The smallest absolute Gasteiger partial charge is 0.226 e. The van der Waals surface area contributed by atoms with Gasteiger partial charge in [0.2, 0.25) is 5.91 Å². The molecule has 0 aromatic heterocycles. The first kappa shape index (κ1) is 17.2. The van der Waals surface area contributed by atoms with Crippen LogP contribution >= 0.6 is 0 Å². The van der Waals surface area contributed by atoms with Crippen LogP contribution in [0.25, 0.3) is 0 Å². The summed E-state index contributed by atoms with van der Waals surface area (Å²) in [5.41, 5.74) is 1.11. The SMILES string of the molecule is COc1cccc(CN(CC2CCCO2)C(=O)C2CCNCC2)c1. The van der Waals surface area contributed by atoms with Gasteiger partial charge in [0.1, 0.15) is 5.75 Å². The number of nitrogens with zero attached hydrogens (tertiary/aromatic N) is 1. The lowest BCUT2D eigenvalue weighted by Crippen LogP contribution is -2.43. The molecule has 1 unspecified atom stereocenters. The van der Waals surface area contributed by atoms with Crippen molar-refractivity contribution in [1.82, 2.24) is 10.2 Å². The third kappa shape index (κ3) is 4.48. The Morgan fingerprint density at radius 3 is 2.88 bits per heavy atom. The number of methoxy groups -OCH3 is 1. The lowest BCUT2D eigenvalue weighted by atomic mass is 9.96. The third-order valence-corrected chi connectivity index (χ3v) is 4.96. The summed E-state index contributed by atoms with van der Waals surface area (Å²) >= 11 is 0. The topological polar surface area (TPSA) is 50.8 Å². The summed E-state index contributed by atoms with van der Waals surface area (Å²) < 4.78 is 11.1. The highest BCUT2D eigenvalue weighted by Crippen LogP contribution is 2.22. The average molecular weight is 332 g/mol. The summed E-state index contributed by atoms with van der Waals surface area (Å²) in [6, 6.07) is 7.98. The minimum Gasteiger partial charge on any atom is -0.497 e. The lowest BCUT2D eigenvalue weighted by molar-refractivity contribution is -0.138.